The molecule has 0 aromatic heterocycles. The predicted octanol–water partition coefficient (Wildman–Crippen LogP) is 6.63. The van der Waals surface area contributed by atoms with Gasteiger partial charge in [0.15, 0.2) is 5.78 Å². The first-order valence-electron chi connectivity index (χ1n) is 14.8. The van der Waals surface area contributed by atoms with Gasteiger partial charge in [0.1, 0.15) is 18.4 Å². The van der Waals surface area contributed by atoms with E-state index in [-0.39, 0.29) is 24.0 Å². The van der Waals surface area contributed by atoms with Gasteiger partial charge in [-0.25, -0.2) is 4.79 Å². The molecule has 1 amide bonds. The number of amides is 1. The number of nitrogens with one attached hydrogen (secondary N) is 1. The zero-order valence-corrected chi connectivity index (χ0v) is 24.0. The van der Waals surface area contributed by atoms with Crippen molar-refractivity contribution in [2.24, 2.45) is 5.92 Å². The molecule has 1 saturated carbocycles. The lowest BCUT2D eigenvalue weighted by atomic mass is 10.00. The molecule has 1 atom stereocenters. The van der Waals surface area contributed by atoms with Gasteiger partial charge in [-0.2, -0.15) is 0 Å². The number of carboxylic acid groups (broad SMARTS) is 1. The first-order valence-corrected chi connectivity index (χ1v) is 14.8. The van der Waals surface area contributed by atoms with E-state index in [1.807, 2.05) is 65.6 Å². The van der Waals surface area contributed by atoms with Crippen molar-refractivity contribution in [1.82, 2.24) is 0 Å². The van der Waals surface area contributed by atoms with Crippen LogP contribution in [0.25, 0.3) is 0 Å². The fraction of sp³-hybridized carbons (Fsp3) is 0.250. The molecule has 1 aliphatic rings. The average Bonchev–Trinajstić information content (AvgIpc) is 3.59. The van der Waals surface area contributed by atoms with E-state index in [1.165, 1.54) is 0 Å². The average molecular weight is 577 g/mol. The molecule has 0 bridgehead atoms. The number of aliphatic carboxylic acids is 1. The molecule has 7 heteroatoms. The Morgan fingerprint density at radius 1 is 0.814 bits per heavy atom. The summed E-state index contributed by atoms with van der Waals surface area (Å²) in [5.41, 5.74) is 3.10. The van der Waals surface area contributed by atoms with Crippen molar-refractivity contribution >= 4 is 29.0 Å². The van der Waals surface area contributed by atoms with Crippen LogP contribution in [0.5, 0.6) is 5.75 Å². The summed E-state index contributed by atoms with van der Waals surface area (Å²) in [6.07, 6.45) is 4.27. The third kappa shape index (κ3) is 7.68. The molecule has 0 radical (unpaired) electrons. The highest BCUT2D eigenvalue weighted by atomic mass is 16.5. The Kier molecular flexibility index (Phi) is 9.85. The van der Waals surface area contributed by atoms with E-state index in [2.05, 4.69) is 5.32 Å². The molecule has 1 aliphatic carbocycles. The smallest absolute Gasteiger partial charge is 0.326 e. The molecule has 0 spiro atoms. The van der Waals surface area contributed by atoms with Gasteiger partial charge in [-0.05, 0) is 54.8 Å². The van der Waals surface area contributed by atoms with E-state index in [4.69, 9.17) is 4.74 Å². The van der Waals surface area contributed by atoms with Gasteiger partial charge in [0.25, 0.3) is 0 Å². The lowest BCUT2D eigenvalue weighted by molar-refractivity contribution is -0.137. The van der Waals surface area contributed by atoms with Crippen LogP contribution in [0.2, 0.25) is 0 Å². The summed E-state index contributed by atoms with van der Waals surface area (Å²) in [7, 11) is 0. The molecule has 1 unspecified atom stereocenters. The Labute approximate surface area is 252 Å². The van der Waals surface area contributed by atoms with Crippen LogP contribution in [-0.4, -0.2) is 42.0 Å². The molecule has 0 heterocycles. The van der Waals surface area contributed by atoms with Crippen LogP contribution in [0.1, 0.15) is 47.2 Å². The lowest BCUT2D eigenvalue weighted by Crippen LogP contribution is -2.38. The van der Waals surface area contributed by atoms with Crippen LogP contribution in [0.3, 0.4) is 0 Å². The summed E-state index contributed by atoms with van der Waals surface area (Å²) in [6.45, 7) is 0.769. The predicted molar refractivity (Wildman–Crippen MR) is 168 cm³/mol. The monoisotopic (exact) mass is 576 g/mol. The van der Waals surface area contributed by atoms with Crippen LogP contribution in [-0.2, 0) is 16.0 Å². The minimum atomic E-state index is -1.02. The molecule has 7 nitrogen and oxygen atoms in total. The highest BCUT2D eigenvalue weighted by Gasteiger charge is 2.28. The fourth-order valence-corrected chi connectivity index (χ4v) is 5.52. The van der Waals surface area contributed by atoms with Crippen LogP contribution in [0, 0.1) is 5.92 Å². The summed E-state index contributed by atoms with van der Waals surface area (Å²) in [6, 6.07) is 31.9. The van der Waals surface area contributed by atoms with Crippen molar-refractivity contribution in [2.45, 2.75) is 38.1 Å². The maximum absolute atomic E-state index is 13.2. The number of anilines is 2. The lowest BCUT2D eigenvalue weighted by Gasteiger charge is -2.26. The van der Waals surface area contributed by atoms with Crippen LogP contribution in [0.4, 0.5) is 11.4 Å². The van der Waals surface area contributed by atoms with Gasteiger partial charge in [0.05, 0.1) is 6.54 Å². The quantitative estimate of drug-likeness (QED) is 0.174. The normalized spacial score (nSPS) is 13.7. The van der Waals surface area contributed by atoms with Crippen molar-refractivity contribution in [1.29, 1.82) is 0 Å². The zero-order valence-electron chi connectivity index (χ0n) is 24.0. The van der Waals surface area contributed by atoms with Gasteiger partial charge in [0, 0.05) is 34.8 Å². The fourth-order valence-electron chi connectivity index (χ4n) is 5.52. The second kappa shape index (κ2) is 14.3. The maximum Gasteiger partial charge on any atom is 0.326 e. The summed E-state index contributed by atoms with van der Waals surface area (Å²) in [5.74, 6) is -0.329. The summed E-state index contributed by atoms with van der Waals surface area (Å²) >= 11 is 0. The van der Waals surface area contributed by atoms with Crippen molar-refractivity contribution < 1.29 is 24.2 Å². The van der Waals surface area contributed by atoms with Crippen molar-refractivity contribution in [2.75, 3.05) is 23.4 Å². The first-order chi connectivity index (χ1) is 21.0. The molecule has 43 heavy (non-hydrogen) atoms. The van der Waals surface area contributed by atoms with Crippen molar-refractivity contribution in [3.63, 3.8) is 0 Å². The molecule has 1 fully saturated rings. The van der Waals surface area contributed by atoms with Crippen LogP contribution >= 0.6 is 0 Å². The van der Waals surface area contributed by atoms with Gasteiger partial charge in [-0.15, -0.1) is 0 Å². The third-order valence-electron chi connectivity index (χ3n) is 7.82. The van der Waals surface area contributed by atoms with E-state index < -0.39 is 12.0 Å². The minimum Gasteiger partial charge on any atom is -0.492 e. The largest absolute Gasteiger partial charge is 0.492 e. The number of ether oxygens (including phenoxy) is 1. The van der Waals surface area contributed by atoms with Crippen molar-refractivity contribution in [3.05, 3.63) is 126 Å². The third-order valence-corrected chi connectivity index (χ3v) is 7.82. The molecular formula is C36H36N2O5. The second-order valence-electron chi connectivity index (χ2n) is 10.8. The van der Waals surface area contributed by atoms with Gasteiger partial charge < -0.3 is 20.1 Å². The van der Waals surface area contributed by atoms with Gasteiger partial charge in [-0.3, -0.25) is 9.59 Å². The summed E-state index contributed by atoms with van der Waals surface area (Å²) in [4.78, 5) is 40.4. The Balaban J connectivity index is 1.20. The van der Waals surface area contributed by atoms with E-state index in [9.17, 15) is 19.5 Å². The highest BCUT2D eigenvalue weighted by Crippen LogP contribution is 2.29. The van der Waals surface area contributed by atoms with E-state index in [0.717, 1.165) is 36.9 Å². The highest BCUT2D eigenvalue weighted by molar-refractivity contribution is 6.12. The van der Waals surface area contributed by atoms with E-state index in [0.29, 0.717) is 35.7 Å². The first kappa shape index (κ1) is 29.6. The molecule has 0 saturated heterocycles. The molecule has 220 valence electrons. The number of hydrogen-bond acceptors (Lipinski definition) is 5. The number of carbonyl (C=O) groups excluding carboxylic acids is 2. The molecular weight excluding hydrogens is 540 g/mol. The van der Waals surface area contributed by atoms with Gasteiger partial charge >= 0.3 is 5.97 Å². The topological polar surface area (TPSA) is 95.9 Å². The number of para-hydroxylation sites is 2. The Bertz CT molecular complexity index is 1520. The van der Waals surface area contributed by atoms with Crippen LogP contribution in [0.15, 0.2) is 109 Å². The number of benzene rings is 4. The maximum atomic E-state index is 13.2. The Hall–Kier alpha value is -4.91. The minimum absolute atomic E-state index is 0.0682. The van der Waals surface area contributed by atoms with Gasteiger partial charge in [-0.1, -0.05) is 85.6 Å². The molecule has 0 aliphatic heterocycles. The molecule has 2 N–H and O–H groups in total. The Morgan fingerprint density at radius 3 is 2.12 bits per heavy atom. The number of carboxylic acids is 1. The summed E-state index contributed by atoms with van der Waals surface area (Å²) < 4.78 is 5.99. The van der Waals surface area contributed by atoms with Crippen molar-refractivity contribution in [3.8, 4) is 5.75 Å². The number of hydrogen-bond donors (Lipinski definition) is 2. The second-order valence-corrected chi connectivity index (χ2v) is 10.8. The number of nitrogens with zero attached hydrogens (tertiary/aromatic N) is 1. The van der Waals surface area contributed by atoms with E-state index >= 15 is 0 Å². The van der Waals surface area contributed by atoms with Crippen LogP contribution < -0.4 is 15.0 Å². The number of rotatable bonds is 13. The zero-order chi connectivity index (χ0) is 30.0. The molecule has 5 rings (SSSR count). The SMILES string of the molecule is O=C(c1ccccc1)c1ccccc1NC(Cc1ccc(OCCN(C(=O)C2CCCC2)c2ccccc2)cc1)C(=O)O. The number of ketones is 1. The number of carbonyl (C=O) groups is 3. The molecule has 4 aromatic rings. The van der Waals surface area contributed by atoms with E-state index in [1.54, 1.807) is 48.5 Å². The van der Waals surface area contributed by atoms with Gasteiger partial charge in [0.2, 0.25) is 5.91 Å². The Morgan fingerprint density at radius 2 is 1.44 bits per heavy atom. The standard InChI is InChI=1S/C36H36N2O5/c39-34(27-11-3-1-4-12-27)31-17-9-10-18-32(31)37-33(36(41)42)25-26-19-21-30(22-20-26)43-24-23-38(29-15-5-2-6-16-29)35(40)28-13-7-8-14-28/h1-6,9-12,15-22,28,33,37H,7-8,13-14,23-25H2,(H,41,42). The molecule has 4 aromatic carbocycles. The summed E-state index contributed by atoms with van der Waals surface area (Å²) in [5, 5.41) is 13.0.